The quantitative estimate of drug-likeness (QED) is 0.452. The van der Waals surface area contributed by atoms with Gasteiger partial charge in [-0.25, -0.2) is 0 Å². The van der Waals surface area contributed by atoms with Gasteiger partial charge in [0.25, 0.3) is 5.69 Å². The van der Waals surface area contributed by atoms with Gasteiger partial charge in [0.05, 0.1) is 17.6 Å². The molecule has 0 radical (unpaired) electrons. The molecule has 0 saturated carbocycles. The Bertz CT molecular complexity index is 555. The topological polar surface area (TPSA) is 116 Å². The summed E-state index contributed by atoms with van der Waals surface area (Å²) in [6.07, 6.45) is 0.704. The number of hydrogen-bond acceptors (Lipinski definition) is 5. The van der Waals surface area contributed by atoms with Gasteiger partial charge in [-0.3, -0.25) is 14.9 Å². The Morgan fingerprint density at radius 1 is 1.43 bits per heavy atom. The van der Waals surface area contributed by atoms with Crippen molar-refractivity contribution in [1.82, 2.24) is 0 Å². The molecule has 21 heavy (non-hydrogen) atoms. The van der Waals surface area contributed by atoms with Crippen LogP contribution in [0.5, 0.6) is 5.75 Å². The second-order valence-electron chi connectivity index (χ2n) is 5.34. The van der Waals surface area contributed by atoms with Crippen LogP contribution in [-0.4, -0.2) is 28.1 Å². The van der Waals surface area contributed by atoms with Crippen molar-refractivity contribution in [2.75, 3.05) is 6.61 Å². The fourth-order valence-electron chi connectivity index (χ4n) is 1.90. The first-order chi connectivity index (χ1) is 9.65. The third-order valence-electron chi connectivity index (χ3n) is 3.28. The van der Waals surface area contributed by atoms with Crippen molar-refractivity contribution in [3.05, 3.63) is 33.4 Å². The molecule has 0 fully saturated rings. The van der Waals surface area contributed by atoms with E-state index in [1.165, 1.54) is 13.0 Å². The zero-order chi connectivity index (χ0) is 16.2. The van der Waals surface area contributed by atoms with Crippen molar-refractivity contribution in [2.45, 2.75) is 39.2 Å². The highest BCUT2D eigenvalue weighted by molar-refractivity contribution is 5.77. The van der Waals surface area contributed by atoms with Gasteiger partial charge in [-0.2, -0.15) is 0 Å². The van der Waals surface area contributed by atoms with Gasteiger partial charge >= 0.3 is 5.97 Å². The summed E-state index contributed by atoms with van der Waals surface area (Å²) in [7, 11) is 0. The van der Waals surface area contributed by atoms with Crippen molar-refractivity contribution in [2.24, 2.45) is 5.73 Å². The van der Waals surface area contributed by atoms with E-state index in [0.717, 1.165) is 5.56 Å². The average Bonchev–Trinajstić information content (AvgIpc) is 2.35. The lowest BCUT2D eigenvalue weighted by atomic mass is 9.98. The maximum atomic E-state index is 10.9. The maximum Gasteiger partial charge on any atom is 0.323 e. The van der Waals surface area contributed by atoms with Gasteiger partial charge in [0.1, 0.15) is 11.3 Å². The SMILES string of the molecule is Cc1cc(C)c([N+](=O)[O-])cc1OCCCC(C)(N)C(=O)O. The Morgan fingerprint density at radius 3 is 2.57 bits per heavy atom. The van der Waals surface area contributed by atoms with Crippen LogP contribution >= 0.6 is 0 Å². The number of benzene rings is 1. The first-order valence-electron chi connectivity index (χ1n) is 6.56. The van der Waals surface area contributed by atoms with E-state index in [0.29, 0.717) is 17.7 Å². The summed E-state index contributed by atoms with van der Waals surface area (Å²) in [5, 5.41) is 19.8. The van der Waals surface area contributed by atoms with Gasteiger partial charge in [-0.05, 0) is 45.2 Å². The number of ether oxygens (including phenoxy) is 1. The first-order valence-corrected chi connectivity index (χ1v) is 6.56. The van der Waals surface area contributed by atoms with Crippen molar-refractivity contribution in [1.29, 1.82) is 0 Å². The number of nitro groups is 1. The Hall–Kier alpha value is -2.15. The van der Waals surface area contributed by atoms with Gasteiger partial charge in [0.2, 0.25) is 0 Å². The van der Waals surface area contributed by atoms with E-state index in [-0.39, 0.29) is 18.7 Å². The Kier molecular flexibility index (Phi) is 5.26. The molecule has 1 rings (SSSR count). The second-order valence-corrected chi connectivity index (χ2v) is 5.34. The summed E-state index contributed by atoms with van der Waals surface area (Å²) < 4.78 is 5.50. The summed E-state index contributed by atoms with van der Waals surface area (Å²) in [6, 6.07) is 3.08. The fraction of sp³-hybridized carbons (Fsp3) is 0.500. The van der Waals surface area contributed by atoms with Crippen LogP contribution in [0, 0.1) is 24.0 Å². The predicted molar refractivity (Wildman–Crippen MR) is 77.5 cm³/mol. The van der Waals surface area contributed by atoms with Crippen molar-refractivity contribution in [3.63, 3.8) is 0 Å². The number of nitrogens with zero attached hydrogens (tertiary/aromatic N) is 1. The van der Waals surface area contributed by atoms with E-state index in [4.69, 9.17) is 15.6 Å². The molecule has 0 amide bonds. The molecule has 0 aliphatic heterocycles. The molecule has 0 saturated heterocycles. The Balaban J connectivity index is 2.66. The highest BCUT2D eigenvalue weighted by Crippen LogP contribution is 2.28. The molecule has 0 aliphatic carbocycles. The van der Waals surface area contributed by atoms with E-state index in [1.807, 2.05) is 0 Å². The number of carboxylic acid groups (broad SMARTS) is 1. The molecular weight excluding hydrogens is 276 g/mol. The molecule has 116 valence electrons. The minimum absolute atomic E-state index is 0.00444. The number of carbonyl (C=O) groups is 1. The molecule has 7 heteroatoms. The van der Waals surface area contributed by atoms with Crippen LogP contribution in [0.2, 0.25) is 0 Å². The first kappa shape index (κ1) is 16.9. The number of hydrogen-bond donors (Lipinski definition) is 2. The zero-order valence-electron chi connectivity index (χ0n) is 12.4. The molecule has 0 spiro atoms. The normalized spacial score (nSPS) is 13.5. The molecule has 1 atom stereocenters. The Labute approximate surface area is 122 Å². The summed E-state index contributed by atoms with van der Waals surface area (Å²) in [6.45, 7) is 5.16. The lowest BCUT2D eigenvalue weighted by Crippen LogP contribution is -2.44. The molecule has 1 aromatic rings. The summed E-state index contributed by atoms with van der Waals surface area (Å²) in [5.41, 5.74) is 5.69. The van der Waals surface area contributed by atoms with E-state index in [2.05, 4.69) is 0 Å². The number of nitrogens with two attached hydrogens (primary N) is 1. The molecular formula is C14H20N2O5. The summed E-state index contributed by atoms with van der Waals surface area (Å²) >= 11 is 0. The van der Waals surface area contributed by atoms with Gasteiger partial charge in [0.15, 0.2) is 0 Å². The number of aliphatic carboxylic acids is 1. The third-order valence-corrected chi connectivity index (χ3v) is 3.28. The largest absolute Gasteiger partial charge is 0.493 e. The molecule has 0 aromatic heterocycles. The van der Waals surface area contributed by atoms with E-state index in [1.54, 1.807) is 19.9 Å². The van der Waals surface area contributed by atoms with Gasteiger partial charge in [-0.1, -0.05) is 0 Å². The minimum Gasteiger partial charge on any atom is -0.493 e. The van der Waals surface area contributed by atoms with Crippen molar-refractivity contribution >= 4 is 11.7 Å². The molecule has 0 bridgehead atoms. The van der Waals surface area contributed by atoms with Crippen LogP contribution in [0.25, 0.3) is 0 Å². The lowest BCUT2D eigenvalue weighted by Gasteiger charge is -2.19. The van der Waals surface area contributed by atoms with E-state index >= 15 is 0 Å². The number of nitro benzene ring substituents is 1. The molecule has 1 aromatic carbocycles. The zero-order valence-corrected chi connectivity index (χ0v) is 12.4. The predicted octanol–water partition coefficient (Wildman–Crippen LogP) is 2.17. The highest BCUT2D eigenvalue weighted by Gasteiger charge is 2.27. The van der Waals surface area contributed by atoms with Crippen LogP contribution in [0.4, 0.5) is 5.69 Å². The maximum absolute atomic E-state index is 10.9. The van der Waals surface area contributed by atoms with E-state index in [9.17, 15) is 14.9 Å². The van der Waals surface area contributed by atoms with Crippen LogP contribution < -0.4 is 10.5 Å². The van der Waals surface area contributed by atoms with Crippen LogP contribution in [0.15, 0.2) is 12.1 Å². The second kappa shape index (κ2) is 6.53. The van der Waals surface area contributed by atoms with Crippen molar-refractivity contribution in [3.8, 4) is 5.75 Å². The summed E-state index contributed by atoms with van der Waals surface area (Å²) in [4.78, 5) is 21.3. The minimum atomic E-state index is -1.29. The number of rotatable bonds is 7. The van der Waals surface area contributed by atoms with Crippen LogP contribution in [-0.2, 0) is 4.79 Å². The monoisotopic (exact) mass is 296 g/mol. The Morgan fingerprint density at radius 2 is 2.05 bits per heavy atom. The molecule has 3 N–H and O–H groups in total. The average molecular weight is 296 g/mol. The highest BCUT2D eigenvalue weighted by atomic mass is 16.6. The summed E-state index contributed by atoms with van der Waals surface area (Å²) in [5.74, 6) is -0.633. The van der Waals surface area contributed by atoms with Gasteiger partial charge in [0, 0.05) is 5.56 Å². The van der Waals surface area contributed by atoms with Gasteiger partial charge in [-0.15, -0.1) is 0 Å². The molecule has 7 nitrogen and oxygen atoms in total. The fourth-order valence-corrected chi connectivity index (χ4v) is 1.90. The lowest BCUT2D eigenvalue weighted by molar-refractivity contribution is -0.385. The standard InChI is InChI=1S/C14H20N2O5/c1-9-7-10(2)12(8-11(9)16(19)20)21-6-4-5-14(3,15)13(17)18/h7-8H,4-6,15H2,1-3H3,(H,17,18). The number of carboxylic acids is 1. The van der Waals surface area contributed by atoms with Crippen LogP contribution in [0.1, 0.15) is 30.9 Å². The molecule has 0 heterocycles. The third kappa shape index (κ3) is 4.42. The van der Waals surface area contributed by atoms with Gasteiger partial charge < -0.3 is 15.6 Å². The van der Waals surface area contributed by atoms with Crippen molar-refractivity contribution < 1.29 is 19.6 Å². The molecule has 0 aliphatic rings. The smallest absolute Gasteiger partial charge is 0.323 e. The molecule has 1 unspecified atom stereocenters. The number of aryl methyl sites for hydroxylation is 2. The van der Waals surface area contributed by atoms with Crippen LogP contribution in [0.3, 0.4) is 0 Å². The van der Waals surface area contributed by atoms with E-state index < -0.39 is 16.4 Å².